The summed E-state index contributed by atoms with van der Waals surface area (Å²) >= 11 is 0. The quantitative estimate of drug-likeness (QED) is 0.698. The van der Waals surface area contributed by atoms with Gasteiger partial charge in [0.25, 0.3) is 5.91 Å². The summed E-state index contributed by atoms with van der Waals surface area (Å²) in [5, 5.41) is 5.24. The zero-order chi connectivity index (χ0) is 18.7. The minimum absolute atomic E-state index is 0.0277. The summed E-state index contributed by atoms with van der Waals surface area (Å²) < 4.78 is 27.1. The van der Waals surface area contributed by atoms with Crippen LogP contribution in [0.4, 0.5) is 8.78 Å². The molecule has 2 aliphatic rings. The van der Waals surface area contributed by atoms with Crippen LogP contribution in [-0.4, -0.2) is 30.9 Å². The molecule has 2 amide bonds. The van der Waals surface area contributed by atoms with E-state index in [4.69, 9.17) is 5.73 Å². The van der Waals surface area contributed by atoms with Crippen LogP contribution in [0.1, 0.15) is 42.5 Å². The Morgan fingerprint density at radius 3 is 2.23 bits per heavy atom. The van der Waals surface area contributed by atoms with Crippen molar-refractivity contribution in [3.05, 3.63) is 35.4 Å². The van der Waals surface area contributed by atoms with Gasteiger partial charge in [-0.1, -0.05) is 12.5 Å². The molecule has 2 aliphatic carbocycles. The van der Waals surface area contributed by atoms with E-state index >= 15 is 0 Å². The summed E-state index contributed by atoms with van der Waals surface area (Å²) in [5.74, 6) is -1.87. The summed E-state index contributed by atoms with van der Waals surface area (Å²) in [6.45, 7) is 0.329. The minimum Gasteiger partial charge on any atom is -0.354 e. The number of nitrogens with two attached hydrogens (primary N) is 1. The molecule has 2 fully saturated rings. The topological polar surface area (TPSA) is 84.2 Å². The van der Waals surface area contributed by atoms with E-state index in [0.29, 0.717) is 11.8 Å². The van der Waals surface area contributed by atoms with Crippen molar-refractivity contribution in [3.63, 3.8) is 0 Å². The third-order valence-electron chi connectivity index (χ3n) is 5.68. The maximum absolute atomic E-state index is 13.5. The van der Waals surface area contributed by atoms with Gasteiger partial charge < -0.3 is 16.4 Å². The van der Waals surface area contributed by atoms with E-state index < -0.39 is 23.1 Å². The van der Waals surface area contributed by atoms with Gasteiger partial charge >= 0.3 is 0 Å². The number of benzene rings is 1. The molecule has 26 heavy (non-hydrogen) atoms. The van der Waals surface area contributed by atoms with Gasteiger partial charge in [-0.15, -0.1) is 0 Å². The molecule has 1 aromatic carbocycles. The highest BCUT2D eigenvalue weighted by Crippen LogP contribution is 2.41. The van der Waals surface area contributed by atoms with Crippen molar-refractivity contribution in [2.24, 2.45) is 23.5 Å². The van der Waals surface area contributed by atoms with E-state index in [1.807, 2.05) is 0 Å². The van der Waals surface area contributed by atoms with Crippen LogP contribution >= 0.6 is 0 Å². The van der Waals surface area contributed by atoms with Crippen LogP contribution in [0, 0.1) is 29.4 Å². The predicted molar refractivity (Wildman–Crippen MR) is 93.2 cm³/mol. The lowest BCUT2D eigenvalue weighted by atomic mass is 9.65. The van der Waals surface area contributed by atoms with Crippen LogP contribution < -0.4 is 16.4 Å². The van der Waals surface area contributed by atoms with Crippen LogP contribution in [0.5, 0.6) is 0 Å². The number of hydrogen-bond donors (Lipinski definition) is 3. The first kappa shape index (κ1) is 18.8. The van der Waals surface area contributed by atoms with Crippen molar-refractivity contribution < 1.29 is 18.4 Å². The van der Waals surface area contributed by atoms with E-state index in [-0.39, 0.29) is 31.0 Å². The van der Waals surface area contributed by atoms with Crippen LogP contribution in [-0.2, 0) is 4.79 Å². The molecule has 0 radical (unpaired) electrons. The van der Waals surface area contributed by atoms with Gasteiger partial charge in [-0.05, 0) is 49.7 Å². The number of carbonyl (C=O) groups is 2. The zero-order valence-corrected chi connectivity index (χ0v) is 14.6. The molecule has 0 heterocycles. The van der Waals surface area contributed by atoms with Crippen molar-refractivity contribution in [2.45, 2.75) is 38.1 Å². The van der Waals surface area contributed by atoms with E-state index in [2.05, 4.69) is 10.6 Å². The summed E-state index contributed by atoms with van der Waals surface area (Å²) in [5.41, 5.74) is 5.64. The van der Waals surface area contributed by atoms with Crippen LogP contribution in [0.2, 0.25) is 0 Å². The van der Waals surface area contributed by atoms with Crippen molar-refractivity contribution in [3.8, 4) is 0 Å². The number of fused-ring (bicyclic) bond motifs is 2. The Balaban J connectivity index is 1.44. The largest absolute Gasteiger partial charge is 0.354 e. The fourth-order valence-electron chi connectivity index (χ4n) is 4.31. The molecule has 2 atom stereocenters. The smallest absolute Gasteiger partial charge is 0.257 e. The second-order valence-electron chi connectivity index (χ2n) is 7.34. The number of halogens is 2. The molecule has 0 aliphatic heterocycles. The molecule has 2 bridgehead atoms. The highest BCUT2D eigenvalue weighted by molar-refractivity contribution is 5.94. The molecule has 5 nitrogen and oxygen atoms in total. The third kappa shape index (κ3) is 4.03. The Bertz CT molecular complexity index is 648. The van der Waals surface area contributed by atoms with Crippen LogP contribution in [0.15, 0.2) is 18.2 Å². The first-order valence-electron chi connectivity index (χ1n) is 9.23. The minimum atomic E-state index is -0.906. The number of hydrogen-bond acceptors (Lipinski definition) is 3. The maximum Gasteiger partial charge on any atom is 0.257 e. The molecule has 0 aromatic heterocycles. The highest BCUT2D eigenvalue weighted by Gasteiger charge is 2.40. The first-order chi connectivity index (χ1) is 12.5. The van der Waals surface area contributed by atoms with Gasteiger partial charge in [0.15, 0.2) is 0 Å². The zero-order valence-electron chi connectivity index (χ0n) is 14.6. The normalized spacial score (nSPS) is 27.7. The predicted octanol–water partition coefficient (Wildman–Crippen LogP) is 1.96. The van der Waals surface area contributed by atoms with Gasteiger partial charge in [0.05, 0.1) is 0 Å². The lowest BCUT2D eigenvalue weighted by molar-refractivity contribution is -0.127. The third-order valence-corrected chi connectivity index (χ3v) is 5.68. The Kier molecular flexibility index (Phi) is 5.86. The second-order valence-corrected chi connectivity index (χ2v) is 7.34. The molecular weight excluding hydrogens is 340 g/mol. The molecule has 2 unspecified atom stereocenters. The van der Waals surface area contributed by atoms with Crippen molar-refractivity contribution in [1.29, 1.82) is 0 Å². The molecular formula is C19H25F2N3O2. The Morgan fingerprint density at radius 2 is 1.62 bits per heavy atom. The Hall–Kier alpha value is -2.02. The fourth-order valence-corrected chi connectivity index (χ4v) is 4.31. The van der Waals surface area contributed by atoms with Crippen molar-refractivity contribution in [2.75, 3.05) is 13.1 Å². The summed E-state index contributed by atoms with van der Waals surface area (Å²) in [6, 6.07) is 3.48. The van der Waals surface area contributed by atoms with E-state index in [1.54, 1.807) is 0 Å². The van der Waals surface area contributed by atoms with E-state index in [0.717, 1.165) is 37.8 Å². The number of amides is 2. The van der Waals surface area contributed by atoms with Crippen LogP contribution in [0.3, 0.4) is 0 Å². The standard InChI is InChI=1S/C19H25F2N3O2/c20-14-5-2-6-15(21)16(14)19(26)24-8-7-23-18(25)13-9-11-3-1-4-12(10-13)17(11)22/h2,5-6,11-13,17H,1,3-4,7-10,22H2,(H,23,25)(H,24,26). The average Bonchev–Trinajstić information content (AvgIpc) is 2.58. The monoisotopic (exact) mass is 365 g/mol. The number of nitrogens with one attached hydrogen (secondary N) is 2. The number of rotatable bonds is 5. The molecule has 3 rings (SSSR count). The summed E-state index contributed by atoms with van der Waals surface area (Å²) in [7, 11) is 0. The fraction of sp³-hybridized carbons (Fsp3) is 0.579. The first-order valence-corrected chi connectivity index (χ1v) is 9.23. The average molecular weight is 365 g/mol. The highest BCUT2D eigenvalue weighted by atomic mass is 19.1. The Morgan fingerprint density at radius 1 is 1.04 bits per heavy atom. The number of carbonyl (C=O) groups excluding carboxylic acids is 2. The summed E-state index contributed by atoms with van der Waals surface area (Å²) in [6.07, 6.45) is 5.00. The molecule has 0 spiro atoms. The van der Waals surface area contributed by atoms with Crippen LogP contribution in [0.25, 0.3) is 0 Å². The summed E-state index contributed by atoms with van der Waals surface area (Å²) in [4.78, 5) is 24.3. The van der Waals surface area contributed by atoms with Gasteiger partial charge in [-0.2, -0.15) is 0 Å². The van der Waals surface area contributed by atoms with E-state index in [9.17, 15) is 18.4 Å². The van der Waals surface area contributed by atoms with Crippen molar-refractivity contribution in [1.82, 2.24) is 10.6 Å². The van der Waals surface area contributed by atoms with Gasteiger partial charge in [-0.3, -0.25) is 9.59 Å². The molecule has 1 aromatic rings. The molecule has 2 saturated carbocycles. The SMILES string of the molecule is NC1C2CCCC1CC(C(=O)NCCNC(=O)c1c(F)cccc1F)C2. The lowest BCUT2D eigenvalue weighted by Crippen LogP contribution is -2.49. The molecule has 142 valence electrons. The lowest BCUT2D eigenvalue weighted by Gasteiger charge is -2.43. The van der Waals surface area contributed by atoms with Gasteiger partial charge in [0.1, 0.15) is 17.2 Å². The van der Waals surface area contributed by atoms with Gasteiger partial charge in [-0.25, -0.2) is 8.78 Å². The van der Waals surface area contributed by atoms with E-state index in [1.165, 1.54) is 12.5 Å². The van der Waals surface area contributed by atoms with Gasteiger partial charge in [0, 0.05) is 25.0 Å². The Labute approximate surface area is 151 Å². The maximum atomic E-state index is 13.5. The van der Waals surface area contributed by atoms with Crippen molar-refractivity contribution >= 4 is 11.8 Å². The molecule has 0 saturated heterocycles. The second kappa shape index (κ2) is 8.12. The molecule has 7 heteroatoms. The van der Waals surface area contributed by atoms with Gasteiger partial charge in [0.2, 0.25) is 5.91 Å². The molecule has 4 N–H and O–H groups in total.